The predicted octanol–water partition coefficient (Wildman–Crippen LogP) is 1.97. The van der Waals surface area contributed by atoms with Gasteiger partial charge in [0.2, 0.25) is 0 Å². The molecule has 0 heterocycles. The summed E-state index contributed by atoms with van der Waals surface area (Å²) >= 11 is 0. The molecule has 1 atom stereocenters. The molecule has 0 aromatic heterocycles. The number of rotatable bonds is 5. The van der Waals surface area contributed by atoms with E-state index >= 15 is 0 Å². The highest BCUT2D eigenvalue weighted by molar-refractivity contribution is 7.86. The predicted molar refractivity (Wildman–Crippen MR) is 83.2 cm³/mol. The molecule has 0 saturated carbocycles. The smallest absolute Gasteiger partial charge is 0.335 e. The Kier molecular flexibility index (Phi) is 5.66. The number of hydrogen-bond acceptors (Lipinski definition) is 3. The summed E-state index contributed by atoms with van der Waals surface area (Å²) in [7, 11) is -1.04. The number of hydrogen-bond donors (Lipinski definition) is 2. The van der Waals surface area contributed by atoms with Crippen molar-refractivity contribution in [2.24, 2.45) is 0 Å². The van der Waals surface area contributed by atoms with Crippen molar-refractivity contribution in [2.45, 2.75) is 32.4 Å². The van der Waals surface area contributed by atoms with E-state index in [2.05, 4.69) is 5.32 Å². The lowest BCUT2D eigenvalue weighted by Gasteiger charge is -2.17. The van der Waals surface area contributed by atoms with Crippen LogP contribution in [-0.2, 0) is 10.8 Å². The standard InChI is InChI=1S/C15H21NO4S/c1-10-7-11(9-12(8-10)14(18)19)13(17)16-5-6-21(20)15(2,3)4/h7-9H,5-6H2,1-4H3,(H,16,17)(H,18,19). The Morgan fingerprint density at radius 2 is 1.76 bits per heavy atom. The first-order valence-corrected chi connectivity index (χ1v) is 7.95. The van der Waals surface area contributed by atoms with Gasteiger partial charge in [0.1, 0.15) is 0 Å². The highest BCUT2D eigenvalue weighted by Crippen LogP contribution is 2.11. The Labute approximate surface area is 127 Å². The lowest BCUT2D eigenvalue weighted by Crippen LogP contribution is -2.32. The van der Waals surface area contributed by atoms with Crippen LogP contribution < -0.4 is 5.32 Å². The molecular formula is C15H21NO4S. The third-order valence-electron chi connectivity index (χ3n) is 2.84. The number of carboxylic acid groups (broad SMARTS) is 1. The maximum atomic E-state index is 12.0. The van der Waals surface area contributed by atoms with E-state index in [1.54, 1.807) is 13.0 Å². The normalized spacial score (nSPS) is 12.8. The molecule has 2 N–H and O–H groups in total. The van der Waals surface area contributed by atoms with Crippen molar-refractivity contribution in [1.82, 2.24) is 5.32 Å². The van der Waals surface area contributed by atoms with Crippen LogP contribution in [0.4, 0.5) is 0 Å². The van der Waals surface area contributed by atoms with Gasteiger partial charge in [-0.25, -0.2) is 4.79 Å². The Morgan fingerprint density at radius 1 is 1.19 bits per heavy atom. The zero-order valence-corrected chi connectivity index (χ0v) is 13.5. The Hall–Kier alpha value is -1.69. The number of amides is 1. The van der Waals surface area contributed by atoms with E-state index in [0.717, 1.165) is 0 Å². The molecule has 21 heavy (non-hydrogen) atoms. The van der Waals surface area contributed by atoms with Gasteiger partial charge in [0.05, 0.1) is 5.56 Å². The average molecular weight is 311 g/mol. The van der Waals surface area contributed by atoms with Crippen molar-refractivity contribution in [2.75, 3.05) is 12.3 Å². The van der Waals surface area contributed by atoms with Crippen LogP contribution in [0, 0.1) is 6.92 Å². The maximum Gasteiger partial charge on any atom is 0.335 e. The van der Waals surface area contributed by atoms with Crippen LogP contribution in [0.1, 0.15) is 47.1 Å². The molecule has 0 bridgehead atoms. The zero-order valence-electron chi connectivity index (χ0n) is 12.7. The molecule has 0 fully saturated rings. The average Bonchev–Trinajstić information content (AvgIpc) is 2.36. The third kappa shape index (κ3) is 5.30. The second kappa shape index (κ2) is 6.85. The molecule has 5 nitrogen and oxygen atoms in total. The van der Waals surface area contributed by atoms with E-state index in [4.69, 9.17) is 5.11 Å². The van der Waals surface area contributed by atoms with Crippen LogP contribution in [-0.4, -0.2) is 38.2 Å². The molecule has 1 aromatic carbocycles. The summed E-state index contributed by atoms with van der Waals surface area (Å²) in [5.41, 5.74) is 1.09. The molecule has 116 valence electrons. The van der Waals surface area contributed by atoms with Crippen molar-refractivity contribution in [3.63, 3.8) is 0 Å². The quantitative estimate of drug-likeness (QED) is 0.871. The molecule has 6 heteroatoms. The summed E-state index contributed by atoms with van der Waals surface area (Å²) in [5.74, 6) is -1.05. The van der Waals surface area contributed by atoms with Gasteiger partial charge >= 0.3 is 5.97 Å². The van der Waals surface area contributed by atoms with E-state index in [9.17, 15) is 13.8 Å². The minimum Gasteiger partial charge on any atom is -0.478 e. The van der Waals surface area contributed by atoms with Crippen LogP contribution in [0.25, 0.3) is 0 Å². The van der Waals surface area contributed by atoms with Gasteiger partial charge < -0.3 is 10.4 Å². The number of aryl methyl sites for hydroxylation is 1. The van der Waals surface area contributed by atoms with Gasteiger partial charge in [0.15, 0.2) is 0 Å². The number of carboxylic acids is 1. The van der Waals surface area contributed by atoms with E-state index in [1.165, 1.54) is 12.1 Å². The highest BCUT2D eigenvalue weighted by Gasteiger charge is 2.19. The van der Waals surface area contributed by atoms with Gasteiger partial charge in [-0.3, -0.25) is 9.00 Å². The van der Waals surface area contributed by atoms with E-state index in [1.807, 2.05) is 20.8 Å². The van der Waals surface area contributed by atoms with Gasteiger partial charge in [-0.2, -0.15) is 0 Å². The van der Waals surface area contributed by atoms with E-state index in [-0.39, 0.29) is 16.2 Å². The Morgan fingerprint density at radius 3 is 2.29 bits per heavy atom. The molecule has 1 rings (SSSR count). The van der Waals surface area contributed by atoms with Gasteiger partial charge in [0.25, 0.3) is 5.91 Å². The molecule has 1 aromatic rings. The van der Waals surface area contributed by atoms with E-state index < -0.39 is 16.8 Å². The van der Waals surface area contributed by atoms with Gasteiger partial charge in [-0.1, -0.05) is 0 Å². The van der Waals surface area contributed by atoms with Crippen LogP contribution in [0.5, 0.6) is 0 Å². The number of carbonyl (C=O) groups is 2. The largest absolute Gasteiger partial charge is 0.478 e. The summed E-state index contributed by atoms with van der Waals surface area (Å²) in [6.07, 6.45) is 0. The fourth-order valence-electron chi connectivity index (χ4n) is 1.70. The number of carbonyl (C=O) groups excluding carboxylic acids is 1. The van der Waals surface area contributed by atoms with Gasteiger partial charge in [-0.15, -0.1) is 0 Å². The lowest BCUT2D eigenvalue weighted by atomic mass is 10.1. The van der Waals surface area contributed by atoms with Crippen LogP contribution >= 0.6 is 0 Å². The second-order valence-electron chi connectivity index (χ2n) is 5.81. The number of aromatic carboxylic acids is 1. The molecular weight excluding hydrogens is 290 g/mol. The maximum absolute atomic E-state index is 12.0. The molecule has 0 radical (unpaired) electrons. The Balaban J connectivity index is 2.69. The molecule has 0 spiro atoms. The van der Waals surface area contributed by atoms with Gasteiger partial charge in [-0.05, 0) is 51.5 Å². The number of benzene rings is 1. The van der Waals surface area contributed by atoms with Crippen molar-refractivity contribution < 1.29 is 18.9 Å². The first-order valence-electron chi connectivity index (χ1n) is 6.63. The zero-order chi connectivity index (χ0) is 16.2. The van der Waals surface area contributed by atoms with Gasteiger partial charge in [0, 0.05) is 33.4 Å². The summed E-state index contributed by atoms with van der Waals surface area (Å²) < 4.78 is 11.5. The summed E-state index contributed by atoms with van der Waals surface area (Å²) in [5, 5.41) is 11.7. The van der Waals surface area contributed by atoms with Crippen LogP contribution in [0.15, 0.2) is 18.2 Å². The fraction of sp³-hybridized carbons (Fsp3) is 0.467. The molecule has 0 aliphatic carbocycles. The second-order valence-corrected chi connectivity index (χ2v) is 8.13. The van der Waals surface area contributed by atoms with Crippen LogP contribution in [0.2, 0.25) is 0 Å². The summed E-state index contributed by atoms with van der Waals surface area (Å²) in [4.78, 5) is 23.0. The topological polar surface area (TPSA) is 83.5 Å². The molecule has 1 unspecified atom stereocenters. The monoisotopic (exact) mass is 311 g/mol. The molecule has 0 aliphatic heterocycles. The highest BCUT2D eigenvalue weighted by atomic mass is 32.2. The molecule has 0 saturated heterocycles. The number of nitrogens with one attached hydrogen (secondary N) is 1. The van der Waals surface area contributed by atoms with Crippen molar-refractivity contribution >= 4 is 22.7 Å². The van der Waals surface area contributed by atoms with Crippen molar-refractivity contribution in [3.05, 3.63) is 34.9 Å². The molecule has 1 amide bonds. The first-order chi connectivity index (χ1) is 9.61. The third-order valence-corrected chi connectivity index (χ3v) is 4.78. The van der Waals surface area contributed by atoms with Crippen molar-refractivity contribution in [3.8, 4) is 0 Å². The first kappa shape index (κ1) is 17.4. The minimum absolute atomic E-state index is 0.0819. The summed E-state index contributed by atoms with van der Waals surface area (Å²) in [6.45, 7) is 7.66. The lowest BCUT2D eigenvalue weighted by molar-refractivity contribution is 0.0696. The van der Waals surface area contributed by atoms with E-state index in [0.29, 0.717) is 23.4 Å². The van der Waals surface area contributed by atoms with Crippen LogP contribution in [0.3, 0.4) is 0 Å². The SMILES string of the molecule is Cc1cc(C(=O)O)cc(C(=O)NCCS(=O)C(C)(C)C)c1. The summed E-state index contributed by atoms with van der Waals surface area (Å²) in [6, 6.07) is 4.47. The van der Waals surface area contributed by atoms with Crippen molar-refractivity contribution in [1.29, 1.82) is 0 Å². The fourth-order valence-corrected chi connectivity index (χ4v) is 2.60. The Bertz CT molecular complexity index is 576. The molecule has 0 aliphatic rings. The minimum atomic E-state index is -1.07.